The molecule has 1 heterocycles. The molecule has 0 atom stereocenters. The Hall–Kier alpha value is -0.480. The summed E-state index contributed by atoms with van der Waals surface area (Å²) in [6, 6.07) is 0.748. The molecule has 96 valence electrons. The van der Waals surface area contributed by atoms with Gasteiger partial charge >= 0.3 is 0 Å². The lowest BCUT2D eigenvalue weighted by molar-refractivity contribution is 0.380. The van der Waals surface area contributed by atoms with Gasteiger partial charge in [0.2, 0.25) is 0 Å². The van der Waals surface area contributed by atoms with E-state index in [1.807, 2.05) is 13.8 Å². The van der Waals surface area contributed by atoms with Gasteiger partial charge in [0.25, 0.3) is 5.22 Å². The Balaban J connectivity index is 1.62. The Labute approximate surface area is 108 Å². The molecule has 0 amide bonds. The number of thioether (sulfide) groups is 1. The number of aryl methyl sites for hydroxylation is 2. The molecule has 0 radical (unpaired) electrons. The average molecular weight is 254 g/mol. The predicted octanol–water partition coefficient (Wildman–Crippen LogP) is 3.31. The maximum Gasteiger partial charge on any atom is 0.256 e. The first-order chi connectivity index (χ1) is 8.25. The highest BCUT2D eigenvalue weighted by molar-refractivity contribution is 7.99. The molecule has 1 aromatic rings. The molecule has 2 rings (SSSR count). The Bertz CT molecular complexity index is 326. The summed E-state index contributed by atoms with van der Waals surface area (Å²) in [5.41, 5.74) is 1.01. The number of oxazole rings is 1. The van der Waals surface area contributed by atoms with Gasteiger partial charge in [0.15, 0.2) is 0 Å². The van der Waals surface area contributed by atoms with Gasteiger partial charge in [-0.1, -0.05) is 31.0 Å². The molecular weight excluding hydrogens is 232 g/mol. The zero-order valence-electron chi connectivity index (χ0n) is 10.8. The Morgan fingerprint density at radius 2 is 2.06 bits per heavy atom. The molecule has 0 aromatic carbocycles. The zero-order chi connectivity index (χ0) is 12.1. The van der Waals surface area contributed by atoms with Crippen molar-refractivity contribution in [3.8, 4) is 0 Å². The van der Waals surface area contributed by atoms with Crippen LogP contribution in [0.3, 0.4) is 0 Å². The fraction of sp³-hybridized carbons (Fsp3) is 0.769. The molecule has 0 spiro atoms. The van der Waals surface area contributed by atoms with Crippen LogP contribution in [0.4, 0.5) is 0 Å². The van der Waals surface area contributed by atoms with E-state index in [4.69, 9.17) is 4.42 Å². The summed E-state index contributed by atoms with van der Waals surface area (Å²) in [4.78, 5) is 4.36. The average Bonchev–Trinajstić information content (AvgIpc) is 2.66. The molecular formula is C13H22N2OS. The number of nitrogens with zero attached hydrogens (tertiary/aromatic N) is 1. The minimum absolute atomic E-state index is 0.748. The first-order valence-corrected chi connectivity index (χ1v) is 7.54. The second-order valence-corrected chi connectivity index (χ2v) is 5.81. The summed E-state index contributed by atoms with van der Waals surface area (Å²) in [6.45, 7) is 5.01. The van der Waals surface area contributed by atoms with Gasteiger partial charge in [-0.15, -0.1) is 0 Å². The summed E-state index contributed by atoms with van der Waals surface area (Å²) in [6.07, 6.45) is 6.90. The van der Waals surface area contributed by atoms with Crippen molar-refractivity contribution in [2.45, 2.75) is 57.2 Å². The van der Waals surface area contributed by atoms with Gasteiger partial charge in [0, 0.05) is 18.3 Å². The van der Waals surface area contributed by atoms with E-state index in [1.165, 1.54) is 32.1 Å². The third-order valence-corrected chi connectivity index (χ3v) is 4.20. The fourth-order valence-electron chi connectivity index (χ4n) is 2.21. The first-order valence-electron chi connectivity index (χ1n) is 6.56. The van der Waals surface area contributed by atoms with Crippen molar-refractivity contribution in [2.24, 2.45) is 0 Å². The normalized spacial score (nSPS) is 17.5. The van der Waals surface area contributed by atoms with Crippen molar-refractivity contribution in [2.75, 3.05) is 12.3 Å². The lowest BCUT2D eigenvalue weighted by atomic mass is 9.96. The van der Waals surface area contributed by atoms with Crippen LogP contribution in [0.25, 0.3) is 0 Å². The molecule has 17 heavy (non-hydrogen) atoms. The van der Waals surface area contributed by atoms with Crippen LogP contribution < -0.4 is 5.32 Å². The van der Waals surface area contributed by atoms with Gasteiger partial charge in [-0.05, 0) is 26.7 Å². The van der Waals surface area contributed by atoms with E-state index in [2.05, 4.69) is 10.3 Å². The fourth-order valence-corrected chi connectivity index (χ4v) is 2.99. The lowest BCUT2D eigenvalue weighted by Crippen LogP contribution is -2.32. The van der Waals surface area contributed by atoms with Gasteiger partial charge in [0.05, 0.1) is 5.69 Å². The third-order valence-electron chi connectivity index (χ3n) is 3.37. The zero-order valence-corrected chi connectivity index (χ0v) is 11.6. The van der Waals surface area contributed by atoms with Crippen LogP contribution in [0.15, 0.2) is 9.64 Å². The van der Waals surface area contributed by atoms with E-state index in [-0.39, 0.29) is 0 Å². The van der Waals surface area contributed by atoms with Gasteiger partial charge < -0.3 is 9.73 Å². The number of hydrogen-bond acceptors (Lipinski definition) is 4. The van der Waals surface area contributed by atoms with Gasteiger partial charge in [-0.2, -0.15) is 0 Å². The van der Waals surface area contributed by atoms with Crippen molar-refractivity contribution < 1.29 is 4.42 Å². The number of aromatic nitrogens is 1. The molecule has 0 unspecified atom stereocenters. The van der Waals surface area contributed by atoms with E-state index in [9.17, 15) is 0 Å². The van der Waals surface area contributed by atoms with Crippen LogP contribution >= 0.6 is 11.8 Å². The van der Waals surface area contributed by atoms with E-state index < -0.39 is 0 Å². The summed E-state index contributed by atoms with van der Waals surface area (Å²) in [7, 11) is 0. The molecule has 1 N–H and O–H groups in total. The third kappa shape index (κ3) is 4.03. The minimum Gasteiger partial charge on any atom is -0.437 e. The highest BCUT2D eigenvalue weighted by atomic mass is 32.2. The molecule has 3 nitrogen and oxygen atoms in total. The summed E-state index contributed by atoms with van der Waals surface area (Å²) < 4.78 is 5.53. The lowest BCUT2D eigenvalue weighted by Gasteiger charge is -2.22. The van der Waals surface area contributed by atoms with Crippen molar-refractivity contribution in [1.29, 1.82) is 0 Å². The van der Waals surface area contributed by atoms with E-state index in [0.717, 1.165) is 35.0 Å². The van der Waals surface area contributed by atoms with Gasteiger partial charge in [0.1, 0.15) is 5.76 Å². The standard InChI is InChI=1S/C13H22N2OS/c1-10-11(2)16-13(15-10)17-9-8-14-12-6-4-3-5-7-12/h12,14H,3-9H2,1-2H3. The molecule has 1 saturated carbocycles. The maximum atomic E-state index is 5.53. The summed E-state index contributed by atoms with van der Waals surface area (Å²) >= 11 is 1.70. The van der Waals surface area contributed by atoms with Crippen LogP contribution in [0.1, 0.15) is 43.6 Å². The molecule has 1 aliphatic rings. The first kappa shape index (κ1) is 13.0. The predicted molar refractivity (Wildman–Crippen MR) is 71.6 cm³/mol. The quantitative estimate of drug-likeness (QED) is 0.646. The maximum absolute atomic E-state index is 5.53. The van der Waals surface area contributed by atoms with Crippen molar-refractivity contribution >= 4 is 11.8 Å². The van der Waals surface area contributed by atoms with Crippen LogP contribution in [0.2, 0.25) is 0 Å². The smallest absolute Gasteiger partial charge is 0.256 e. The number of rotatable bonds is 5. The highest BCUT2D eigenvalue weighted by Gasteiger charge is 2.12. The van der Waals surface area contributed by atoms with Crippen LogP contribution in [-0.4, -0.2) is 23.3 Å². The molecule has 4 heteroatoms. The Morgan fingerprint density at radius 3 is 2.71 bits per heavy atom. The topological polar surface area (TPSA) is 38.1 Å². The number of nitrogens with one attached hydrogen (secondary N) is 1. The van der Waals surface area contributed by atoms with Gasteiger partial charge in [-0.25, -0.2) is 4.98 Å². The van der Waals surface area contributed by atoms with Crippen molar-refractivity contribution in [1.82, 2.24) is 10.3 Å². The SMILES string of the molecule is Cc1nc(SCCNC2CCCCC2)oc1C. The number of hydrogen-bond donors (Lipinski definition) is 1. The van der Waals surface area contributed by atoms with Crippen LogP contribution in [-0.2, 0) is 0 Å². The summed E-state index contributed by atoms with van der Waals surface area (Å²) in [5, 5.41) is 4.43. The van der Waals surface area contributed by atoms with Crippen LogP contribution in [0, 0.1) is 13.8 Å². The minimum atomic E-state index is 0.748. The Kier molecular flexibility index (Phi) is 4.92. The van der Waals surface area contributed by atoms with E-state index >= 15 is 0 Å². The molecule has 0 bridgehead atoms. The largest absolute Gasteiger partial charge is 0.437 e. The molecule has 1 aliphatic carbocycles. The molecule has 0 aliphatic heterocycles. The van der Waals surface area contributed by atoms with E-state index in [1.54, 1.807) is 11.8 Å². The molecule has 1 fully saturated rings. The van der Waals surface area contributed by atoms with Crippen LogP contribution in [0.5, 0.6) is 0 Å². The van der Waals surface area contributed by atoms with Crippen molar-refractivity contribution in [3.63, 3.8) is 0 Å². The van der Waals surface area contributed by atoms with Crippen molar-refractivity contribution in [3.05, 3.63) is 11.5 Å². The highest BCUT2D eigenvalue weighted by Crippen LogP contribution is 2.20. The van der Waals surface area contributed by atoms with Gasteiger partial charge in [-0.3, -0.25) is 0 Å². The second-order valence-electron chi connectivity index (χ2n) is 4.76. The second kappa shape index (κ2) is 6.45. The molecule has 0 saturated heterocycles. The monoisotopic (exact) mass is 254 g/mol. The van der Waals surface area contributed by atoms with E-state index in [0.29, 0.717) is 0 Å². The Morgan fingerprint density at radius 1 is 1.29 bits per heavy atom. The summed E-state index contributed by atoms with van der Waals surface area (Å²) in [5.74, 6) is 1.98. The molecule has 1 aromatic heterocycles.